The molecule has 0 saturated heterocycles. The van der Waals surface area contributed by atoms with Gasteiger partial charge in [0.15, 0.2) is 18.1 Å². The lowest BCUT2D eigenvalue weighted by molar-refractivity contribution is -0.385. The van der Waals surface area contributed by atoms with Gasteiger partial charge < -0.3 is 10.1 Å². The van der Waals surface area contributed by atoms with E-state index in [9.17, 15) is 19.7 Å². The number of ether oxygens (including phenoxy) is 1. The van der Waals surface area contributed by atoms with Crippen LogP contribution in [0.4, 0.5) is 11.4 Å². The Morgan fingerprint density at radius 2 is 1.60 bits per heavy atom. The zero-order valence-corrected chi connectivity index (χ0v) is 16.5. The highest BCUT2D eigenvalue weighted by molar-refractivity contribution is 6.09. The molecule has 152 valence electrons. The van der Waals surface area contributed by atoms with Gasteiger partial charge in [0.2, 0.25) is 0 Å². The van der Waals surface area contributed by atoms with Gasteiger partial charge in [0.1, 0.15) is 0 Å². The van der Waals surface area contributed by atoms with Crippen LogP contribution in [0.25, 0.3) is 0 Å². The van der Waals surface area contributed by atoms with Crippen molar-refractivity contribution in [2.45, 2.75) is 13.8 Å². The number of hydrogen-bond acceptors (Lipinski definition) is 5. The Bertz CT molecular complexity index is 1110. The predicted octanol–water partition coefficient (Wildman–Crippen LogP) is 4.46. The molecule has 0 fully saturated rings. The summed E-state index contributed by atoms with van der Waals surface area (Å²) in [6.07, 6.45) is 0. The minimum absolute atomic E-state index is 0.0204. The topological polar surface area (TPSA) is 98.5 Å². The van der Waals surface area contributed by atoms with E-state index in [1.807, 2.05) is 26.0 Å². The first-order valence-electron chi connectivity index (χ1n) is 9.23. The Labute approximate surface area is 173 Å². The Kier molecular flexibility index (Phi) is 6.22. The molecule has 0 spiro atoms. The summed E-state index contributed by atoms with van der Waals surface area (Å²) in [5.74, 6) is -0.552. The van der Waals surface area contributed by atoms with E-state index in [-0.39, 0.29) is 23.8 Å². The van der Waals surface area contributed by atoms with Crippen LogP contribution >= 0.6 is 0 Å². The van der Waals surface area contributed by atoms with Crippen LogP contribution in [0.15, 0.2) is 66.7 Å². The maximum absolute atomic E-state index is 12.6. The number of nitro benzene ring substituents is 1. The quantitative estimate of drug-likeness (QED) is 0.356. The first-order valence-corrected chi connectivity index (χ1v) is 9.23. The second kappa shape index (κ2) is 9.00. The number of aryl methyl sites for hydroxylation is 2. The molecule has 0 unspecified atom stereocenters. The molecule has 1 amide bonds. The molecule has 3 aromatic carbocycles. The van der Waals surface area contributed by atoms with Crippen LogP contribution in [-0.4, -0.2) is 23.2 Å². The number of amides is 1. The molecule has 0 aliphatic heterocycles. The van der Waals surface area contributed by atoms with Crippen LogP contribution in [0, 0.1) is 24.0 Å². The molecule has 0 heterocycles. The summed E-state index contributed by atoms with van der Waals surface area (Å²) in [4.78, 5) is 35.1. The van der Waals surface area contributed by atoms with Crippen molar-refractivity contribution < 1.29 is 19.2 Å². The fraction of sp³-hybridized carbons (Fsp3) is 0.130. The Hall–Kier alpha value is -4.00. The summed E-state index contributed by atoms with van der Waals surface area (Å²) in [6, 6.07) is 17.9. The average molecular weight is 404 g/mol. The van der Waals surface area contributed by atoms with Crippen molar-refractivity contribution in [2.24, 2.45) is 0 Å². The van der Waals surface area contributed by atoms with Gasteiger partial charge in [0, 0.05) is 22.9 Å². The van der Waals surface area contributed by atoms with Crippen molar-refractivity contribution in [3.05, 3.63) is 99.1 Å². The second-order valence-corrected chi connectivity index (χ2v) is 6.77. The summed E-state index contributed by atoms with van der Waals surface area (Å²) in [6.45, 7) is 3.56. The van der Waals surface area contributed by atoms with Crippen LogP contribution in [-0.2, 0) is 4.79 Å². The van der Waals surface area contributed by atoms with Gasteiger partial charge in [-0.3, -0.25) is 19.7 Å². The molecular weight excluding hydrogens is 384 g/mol. The number of nitrogens with one attached hydrogen (secondary N) is 1. The zero-order chi connectivity index (χ0) is 21.7. The molecule has 0 atom stereocenters. The normalized spacial score (nSPS) is 10.3. The van der Waals surface area contributed by atoms with Crippen molar-refractivity contribution >= 4 is 23.1 Å². The smallest absolute Gasteiger partial charge is 0.310 e. The molecule has 1 N–H and O–H groups in total. The maximum atomic E-state index is 12.6. The number of anilines is 1. The van der Waals surface area contributed by atoms with Crippen molar-refractivity contribution in [3.63, 3.8) is 0 Å². The highest BCUT2D eigenvalue weighted by Crippen LogP contribution is 2.25. The molecule has 0 aliphatic rings. The molecular formula is C23H20N2O5. The lowest BCUT2D eigenvalue weighted by Gasteiger charge is -2.09. The second-order valence-electron chi connectivity index (χ2n) is 6.77. The lowest BCUT2D eigenvalue weighted by Crippen LogP contribution is -2.20. The molecule has 0 aromatic heterocycles. The van der Waals surface area contributed by atoms with Gasteiger partial charge >= 0.3 is 5.69 Å². The Morgan fingerprint density at radius 3 is 2.27 bits per heavy atom. The van der Waals surface area contributed by atoms with E-state index in [2.05, 4.69) is 5.32 Å². The summed E-state index contributed by atoms with van der Waals surface area (Å²) in [7, 11) is 0. The van der Waals surface area contributed by atoms with Crippen LogP contribution in [0.1, 0.15) is 27.0 Å². The summed E-state index contributed by atoms with van der Waals surface area (Å²) in [5.41, 5.74) is 3.55. The lowest BCUT2D eigenvalue weighted by atomic mass is 9.99. The number of benzene rings is 3. The number of carbonyl (C=O) groups excluding carboxylic acids is 2. The van der Waals surface area contributed by atoms with Gasteiger partial charge in [-0.1, -0.05) is 24.3 Å². The molecule has 0 bridgehead atoms. The Morgan fingerprint density at radius 1 is 0.933 bits per heavy atom. The predicted molar refractivity (Wildman–Crippen MR) is 113 cm³/mol. The first kappa shape index (κ1) is 20.7. The number of ketones is 1. The zero-order valence-electron chi connectivity index (χ0n) is 16.5. The van der Waals surface area contributed by atoms with Gasteiger partial charge in [-0.05, 0) is 61.4 Å². The summed E-state index contributed by atoms with van der Waals surface area (Å²) >= 11 is 0. The SMILES string of the molecule is Cc1ccc(C(=O)c2ccc(NC(=O)COc3ccccc3[N+](=O)[O-])cc2)cc1C. The number of nitrogens with zero attached hydrogens (tertiary/aromatic N) is 1. The first-order chi connectivity index (χ1) is 14.3. The number of hydrogen-bond donors (Lipinski definition) is 1. The number of rotatable bonds is 7. The fourth-order valence-electron chi connectivity index (χ4n) is 2.82. The van der Waals surface area contributed by atoms with E-state index in [0.29, 0.717) is 16.8 Å². The van der Waals surface area contributed by atoms with E-state index in [1.165, 1.54) is 18.2 Å². The van der Waals surface area contributed by atoms with Crippen LogP contribution in [0.5, 0.6) is 5.75 Å². The molecule has 3 rings (SSSR count). The highest BCUT2D eigenvalue weighted by atomic mass is 16.6. The standard InChI is InChI=1S/C23H20N2O5/c1-15-7-8-18(13-16(15)2)23(27)17-9-11-19(12-10-17)24-22(26)14-30-21-6-4-3-5-20(21)25(28)29/h3-13H,14H2,1-2H3,(H,24,26). The van der Waals surface area contributed by atoms with Crippen LogP contribution in [0.3, 0.4) is 0 Å². The Balaban J connectivity index is 1.61. The minimum atomic E-state index is -0.571. The number of para-hydroxylation sites is 2. The van der Waals surface area contributed by atoms with Gasteiger partial charge in [0.25, 0.3) is 5.91 Å². The molecule has 0 aliphatic carbocycles. The third-order valence-corrected chi connectivity index (χ3v) is 4.62. The van der Waals surface area contributed by atoms with Crippen molar-refractivity contribution in [2.75, 3.05) is 11.9 Å². The molecule has 0 radical (unpaired) electrons. The van der Waals surface area contributed by atoms with Crippen LogP contribution < -0.4 is 10.1 Å². The number of nitro groups is 1. The van der Waals surface area contributed by atoms with E-state index in [1.54, 1.807) is 36.4 Å². The van der Waals surface area contributed by atoms with Crippen molar-refractivity contribution in [1.82, 2.24) is 0 Å². The monoisotopic (exact) mass is 404 g/mol. The van der Waals surface area contributed by atoms with Gasteiger partial charge in [-0.25, -0.2) is 0 Å². The maximum Gasteiger partial charge on any atom is 0.310 e. The van der Waals surface area contributed by atoms with Gasteiger partial charge in [0.05, 0.1) is 4.92 Å². The van der Waals surface area contributed by atoms with Crippen molar-refractivity contribution in [3.8, 4) is 5.75 Å². The fourth-order valence-corrected chi connectivity index (χ4v) is 2.82. The van der Waals surface area contributed by atoms with E-state index < -0.39 is 10.8 Å². The molecule has 30 heavy (non-hydrogen) atoms. The number of carbonyl (C=O) groups is 2. The molecule has 7 nitrogen and oxygen atoms in total. The van der Waals surface area contributed by atoms with E-state index in [4.69, 9.17) is 4.74 Å². The van der Waals surface area contributed by atoms with Crippen molar-refractivity contribution in [1.29, 1.82) is 0 Å². The van der Waals surface area contributed by atoms with Gasteiger partial charge in [-0.2, -0.15) is 0 Å². The van der Waals surface area contributed by atoms with E-state index in [0.717, 1.165) is 11.1 Å². The van der Waals surface area contributed by atoms with E-state index >= 15 is 0 Å². The minimum Gasteiger partial charge on any atom is -0.477 e. The summed E-state index contributed by atoms with van der Waals surface area (Å²) < 4.78 is 5.27. The highest BCUT2D eigenvalue weighted by Gasteiger charge is 2.15. The molecule has 0 saturated carbocycles. The average Bonchev–Trinajstić information content (AvgIpc) is 2.74. The third kappa shape index (κ3) is 4.88. The molecule has 7 heteroatoms. The van der Waals surface area contributed by atoms with Gasteiger partial charge in [-0.15, -0.1) is 0 Å². The summed E-state index contributed by atoms with van der Waals surface area (Å²) in [5, 5.41) is 13.6. The largest absolute Gasteiger partial charge is 0.477 e. The molecule has 3 aromatic rings. The third-order valence-electron chi connectivity index (χ3n) is 4.62. The van der Waals surface area contributed by atoms with Crippen LogP contribution in [0.2, 0.25) is 0 Å².